The summed E-state index contributed by atoms with van der Waals surface area (Å²) in [6.07, 6.45) is 5.09. The third-order valence-corrected chi connectivity index (χ3v) is 4.12. The quantitative estimate of drug-likeness (QED) is 0.684. The number of hydrogen-bond donors (Lipinski definition) is 1. The van der Waals surface area contributed by atoms with E-state index >= 15 is 0 Å². The van der Waals surface area contributed by atoms with Crippen molar-refractivity contribution in [2.24, 2.45) is 23.7 Å². The Morgan fingerprint density at radius 1 is 1.31 bits per heavy atom. The van der Waals surface area contributed by atoms with Gasteiger partial charge in [-0.05, 0) is 43.4 Å². The highest BCUT2D eigenvalue weighted by Gasteiger charge is 2.49. The first-order valence-electron chi connectivity index (χ1n) is 5.56. The van der Waals surface area contributed by atoms with Crippen molar-refractivity contribution in [1.29, 1.82) is 0 Å². The van der Waals surface area contributed by atoms with Crippen LogP contribution in [0.5, 0.6) is 0 Å². The summed E-state index contributed by atoms with van der Waals surface area (Å²) < 4.78 is 0. The first kappa shape index (κ1) is 7.84. The number of hydrogen-bond acceptors (Lipinski definition) is 1. The predicted octanol–water partition coefficient (Wildman–Crippen LogP) is 1.56. The van der Waals surface area contributed by atoms with E-state index in [2.05, 4.69) is 12.2 Å². The van der Waals surface area contributed by atoms with Crippen molar-refractivity contribution in [3.63, 3.8) is 0 Å². The Bertz CT molecular complexity index is 250. The van der Waals surface area contributed by atoms with E-state index in [9.17, 15) is 4.79 Å². The van der Waals surface area contributed by atoms with Gasteiger partial charge in [-0.25, -0.2) is 0 Å². The zero-order valence-corrected chi connectivity index (χ0v) is 8.12. The van der Waals surface area contributed by atoms with Crippen molar-refractivity contribution in [3.05, 3.63) is 0 Å². The third-order valence-electron chi connectivity index (χ3n) is 4.12. The molecule has 0 spiro atoms. The van der Waals surface area contributed by atoms with Crippen molar-refractivity contribution >= 4 is 5.91 Å². The van der Waals surface area contributed by atoms with E-state index in [0.29, 0.717) is 23.8 Å². The van der Waals surface area contributed by atoms with Gasteiger partial charge in [0.15, 0.2) is 0 Å². The van der Waals surface area contributed by atoms with Crippen molar-refractivity contribution in [3.8, 4) is 0 Å². The van der Waals surface area contributed by atoms with E-state index in [1.165, 1.54) is 19.3 Å². The fourth-order valence-corrected chi connectivity index (χ4v) is 2.86. The molecule has 0 radical (unpaired) electrons. The Labute approximate surface area is 79.1 Å². The zero-order chi connectivity index (χ0) is 9.00. The highest BCUT2D eigenvalue weighted by molar-refractivity contribution is 5.81. The third kappa shape index (κ3) is 1.27. The van der Waals surface area contributed by atoms with Crippen LogP contribution in [-0.4, -0.2) is 11.9 Å². The van der Waals surface area contributed by atoms with E-state index in [1.807, 2.05) is 0 Å². The molecule has 0 saturated heterocycles. The molecular weight excluding hydrogens is 162 g/mol. The van der Waals surface area contributed by atoms with E-state index in [4.69, 9.17) is 0 Å². The molecule has 1 N–H and O–H groups in total. The Morgan fingerprint density at radius 2 is 2.08 bits per heavy atom. The van der Waals surface area contributed by atoms with Crippen LogP contribution in [-0.2, 0) is 4.79 Å². The molecule has 3 saturated carbocycles. The maximum Gasteiger partial charge on any atom is 0.223 e. The predicted molar refractivity (Wildman–Crippen MR) is 50.0 cm³/mol. The largest absolute Gasteiger partial charge is 0.353 e. The number of fused-ring (bicyclic) bond motifs is 1. The molecule has 3 unspecified atom stereocenters. The lowest BCUT2D eigenvalue weighted by atomic mass is 10.1. The molecule has 2 nitrogen and oxygen atoms in total. The summed E-state index contributed by atoms with van der Waals surface area (Å²) in [5, 5.41) is 3.22. The van der Waals surface area contributed by atoms with Crippen molar-refractivity contribution in [2.75, 3.05) is 0 Å². The topological polar surface area (TPSA) is 29.1 Å². The van der Waals surface area contributed by atoms with Crippen LogP contribution in [0.1, 0.15) is 32.6 Å². The van der Waals surface area contributed by atoms with E-state index in [1.54, 1.807) is 0 Å². The van der Waals surface area contributed by atoms with Gasteiger partial charge in [-0.3, -0.25) is 4.79 Å². The van der Waals surface area contributed by atoms with Gasteiger partial charge in [0.2, 0.25) is 5.91 Å². The van der Waals surface area contributed by atoms with Gasteiger partial charge in [0, 0.05) is 12.0 Å². The monoisotopic (exact) mass is 179 g/mol. The molecule has 1 amide bonds. The Balaban J connectivity index is 1.54. The molecule has 0 aromatic rings. The van der Waals surface area contributed by atoms with Crippen LogP contribution < -0.4 is 5.32 Å². The van der Waals surface area contributed by atoms with E-state index in [0.717, 1.165) is 18.3 Å². The normalized spacial score (nSPS) is 51.3. The van der Waals surface area contributed by atoms with Gasteiger partial charge in [0.05, 0.1) is 0 Å². The average molecular weight is 179 g/mol. The summed E-state index contributed by atoms with van der Waals surface area (Å²) in [5.41, 5.74) is 0. The molecule has 0 aromatic heterocycles. The lowest BCUT2D eigenvalue weighted by molar-refractivity contribution is -0.123. The summed E-state index contributed by atoms with van der Waals surface area (Å²) in [6.45, 7) is 2.17. The lowest BCUT2D eigenvalue weighted by Crippen LogP contribution is -2.36. The Hall–Kier alpha value is -0.530. The van der Waals surface area contributed by atoms with Crippen LogP contribution in [0.2, 0.25) is 0 Å². The average Bonchev–Trinajstić information content (AvgIpc) is 2.97. The first-order chi connectivity index (χ1) is 6.25. The van der Waals surface area contributed by atoms with Gasteiger partial charge >= 0.3 is 0 Å². The fourth-order valence-electron chi connectivity index (χ4n) is 2.86. The molecule has 5 atom stereocenters. The van der Waals surface area contributed by atoms with Gasteiger partial charge < -0.3 is 5.32 Å². The Morgan fingerprint density at radius 3 is 2.54 bits per heavy atom. The van der Waals surface area contributed by atoms with Gasteiger partial charge in [0.1, 0.15) is 0 Å². The van der Waals surface area contributed by atoms with E-state index in [-0.39, 0.29) is 0 Å². The van der Waals surface area contributed by atoms with Crippen LogP contribution in [0, 0.1) is 23.7 Å². The summed E-state index contributed by atoms with van der Waals surface area (Å²) in [7, 11) is 0. The fraction of sp³-hybridized carbons (Fsp3) is 0.909. The molecule has 13 heavy (non-hydrogen) atoms. The second-order valence-corrected chi connectivity index (χ2v) is 5.17. The number of amides is 1. The number of nitrogens with one attached hydrogen (secondary N) is 1. The molecule has 72 valence electrons. The van der Waals surface area contributed by atoms with Crippen LogP contribution in [0.4, 0.5) is 0 Å². The number of rotatable bonds is 2. The van der Waals surface area contributed by atoms with Gasteiger partial charge in [-0.1, -0.05) is 6.92 Å². The van der Waals surface area contributed by atoms with E-state index < -0.39 is 0 Å². The first-order valence-corrected chi connectivity index (χ1v) is 5.56. The minimum Gasteiger partial charge on any atom is -0.353 e. The molecule has 2 heteroatoms. The second-order valence-electron chi connectivity index (χ2n) is 5.17. The van der Waals surface area contributed by atoms with Crippen molar-refractivity contribution < 1.29 is 4.79 Å². The molecular formula is C11H17NO. The second kappa shape index (κ2) is 2.49. The molecule has 3 fully saturated rings. The molecule has 0 aliphatic heterocycles. The summed E-state index contributed by atoms with van der Waals surface area (Å²) in [5.74, 6) is 3.18. The summed E-state index contributed by atoms with van der Waals surface area (Å²) >= 11 is 0. The van der Waals surface area contributed by atoms with Crippen LogP contribution in [0.15, 0.2) is 0 Å². The molecule has 0 aromatic carbocycles. The number of carbonyl (C=O) groups excluding carboxylic acids is 1. The maximum atomic E-state index is 11.6. The Kier molecular flexibility index (Phi) is 1.50. The molecule has 0 heterocycles. The zero-order valence-electron chi connectivity index (χ0n) is 8.12. The molecule has 3 rings (SSSR count). The minimum atomic E-state index is 0.338. The standard InChI is InChI=1S/C11H17NO/c1-6-4-8(6)11(13)12-10-3-2-7-5-9(7)10/h6-10H,2-5H2,1H3,(H,12,13)/t6-,7?,8-,9?,10?/m0/s1. The van der Waals surface area contributed by atoms with Gasteiger partial charge in [-0.2, -0.15) is 0 Å². The molecule has 0 bridgehead atoms. The SMILES string of the molecule is C[C@H]1C[C@@H]1C(=O)NC1CCC2CC21. The maximum absolute atomic E-state index is 11.6. The lowest BCUT2D eigenvalue weighted by Gasteiger charge is -2.13. The minimum absolute atomic E-state index is 0.338. The summed E-state index contributed by atoms with van der Waals surface area (Å²) in [4.78, 5) is 11.6. The molecule has 3 aliphatic rings. The smallest absolute Gasteiger partial charge is 0.223 e. The van der Waals surface area contributed by atoms with Crippen molar-refractivity contribution in [2.45, 2.75) is 38.6 Å². The van der Waals surface area contributed by atoms with Gasteiger partial charge in [0.25, 0.3) is 0 Å². The van der Waals surface area contributed by atoms with Gasteiger partial charge in [-0.15, -0.1) is 0 Å². The highest BCUT2D eigenvalue weighted by Crippen LogP contribution is 2.52. The van der Waals surface area contributed by atoms with Crippen LogP contribution in [0.3, 0.4) is 0 Å². The van der Waals surface area contributed by atoms with Crippen LogP contribution in [0.25, 0.3) is 0 Å². The summed E-state index contributed by atoms with van der Waals surface area (Å²) in [6, 6.07) is 0.547. The number of carbonyl (C=O) groups is 1. The van der Waals surface area contributed by atoms with Crippen LogP contribution >= 0.6 is 0 Å². The van der Waals surface area contributed by atoms with Crippen molar-refractivity contribution in [1.82, 2.24) is 5.32 Å². The molecule has 3 aliphatic carbocycles. The highest BCUT2D eigenvalue weighted by atomic mass is 16.2.